The Hall–Kier alpha value is -2.37. The number of nitrogens with one attached hydrogen (secondary N) is 1. The SMILES string of the molecule is CCc1cccc(C)c1NC(=O)C[n+]1cc([O-])on1. The van der Waals surface area contributed by atoms with E-state index >= 15 is 0 Å². The monoisotopic (exact) mass is 261 g/mol. The van der Waals surface area contributed by atoms with Gasteiger partial charge in [0.2, 0.25) is 6.20 Å². The molecule has 2 rings (SSSR count). The van der Waals surface area contributed by atoms with Gasteiger partial charge in [0.05, 0.1) is 5.27 Å². The van der Waals surface area contributed by atoms with E-state index in [2.05, 4.69) is 15.1 Å². The molecule has 0 spiro atoms. The highest BCUT2D eigenvalue weighted by atomic mass is 16.6. The van der Waals surface area contributed by atoms with Gasteiger partial charge < -0.3 is 14.9 Å². The van der Waals surface area contributed by atoms with Crippen molar-refractivity contribution in [1.82, 2.24) is 5.27 Å². The third-order valence-corrected chi connectivity index (χ3v) is 2.80. The number of carbonyl (C=O) groups excluding carboxylic acids is 1. The van der Waals surface area contributed by atoms with E-state index in [1.165, 1.54) is 4.68 Å². The summed E-state index contributed by atoms with van der Waals surface area (Å²) in [5, 5.41) is 17.1. The van der Waals surface area contributed by atoms with Crippen molar-refractivity contribution in [1.29, 1.82) is 0 Å². The zero-order valence-electron chi connectivity index (χ0n) is 10.8. The van der Waals surface area contributed by atoms with Crippen LogP contribution in [0.5, 0.6) is 5.95 Å². The van der Waals surface area contributed by atoms with Crippen LogP contribution in [-0.2, 0) is 17.8 Å². The first-order chi connectivity index (χ1) is 9.10. The molecule has 0 saturated heterocycles. The Bertz CT molecular complexity index is 593. The minimum Gasteiger partial charge on any atom is -0.539 e. The van der Waals surface area contributed by atoms with Gasteiger partial charge in [-0.15, -0.1) is 0 Å². The average Bonchev–Trinajstić information content (AvgIpc) is 2.77. The molecule has 1 heterocycles. The van der Waals surface area contributed by atoms with Gasteiger partial charge in [-0.1, -0.05) is 29.8 Å². The Morgan fingerprint density at radius 1 is 1.53 bits per heavy atom. The molecule has 100 valence electrons. The highest BCUT2D eigenvalue weighted by molar-refractivity contribution is 5.91. The molecule has 1 aromatic heterocycles. The summed E-state index contributed by atoms with van der Waals surface area (Å²) in [4.78, 5) is 11.9. The number of para-hydroxylation sites is 1. The zero-order valence-corrected chi connectivity index (χ0v) is 10.8. The minimum absolute atomic E-state index is 0.0524. The van der Waals surface area contributed by atoms with Crippen LogP contribution in [0.25, 0.3) is 0 Å². The van der Waals surface area contributed by atoms with Gasteiger partial charge in [0.25, 0.3) is 12.5 Å². The van der Waals surface area contributed by atoms with Crippen molar-refractivity contribution >= 4 is 11.6 Å². The Kier molecular flexibility index (Phi) is 3.79. The summed E-state index contributed by atoms with van der Waals surface area (Å²) in [7, 11) is 0. The number of carbonyl (C=O) groups is 1. The van der Waals surface area contributed by atoms with Crippen LogP contribution in [0.2, 0.25) is 0 Å². The molecule has 0 unspecified atom stereocenters. The molecule has 0 aliphatic carbocycles. The van der Waals surface area contributed by atoms with Crippen molar-refractivity contribution in [2.75, 3.05) is 5.32 Å². The minimum atomic E-state index is -0.571. The standard InChI is InChI=1S/C13H15N3O3/c1-3-10-6-4-5-9(2)13(10)14-11(17)7-16-8-12(18)19-15-16/h4-6,8H,3,7H2,1-2H3,(H-,14,15,17,18). The molecule has 2 aromatic rings. The Balaban J connectivity index is 2.11. The van der Waals surface area contributed by atoms with Crippen molar-refractivity contribution in [3.63, 3.8) is 0 Å². The lowest BCUT2D eigenvalue weighted by molar-refractivity contribution is -0.750. The Morgan fingerprint density at radius 2 is 2.32 bits per heavy atom. The highest BCUT2D eigenvalue weighted by Crippen LogP contribution is 2.20. The lowest BCUT2D eigenvalue weighted by Gasteiger charge is -2.11. The molecule has 0 bridgehead atoms. The lowest BCUT2D eigenvalue weighted by atomic mass is 10.1. The number of hydrogen-bond acceptors (Lipinski definition) is 4. The fraction of sp³-hybridized carbons (Fsp3) is 0.308. The van der Waals surface area contributed by atoms with Crippen molar-refractivity contribution in [3.8, 4) is 5.95 Å². The van der Waals surface area contributed by atoms with Crippen molar-refractivity contribution in [2.24, 2.45) is 0 Å². The van der Waals surface area contributed by atoms with Gasteiger partial charge in [-0.25, -0.2) is 0 Å². The predicted octanol–water partition coefficient (Wildman–Crippen LogP) is 0.545. The van der Waals surface area contributed by atoms with Crippen LogP contribution in [0.15, 0.2) is 28.9 Å². The van der Waals surface area contributed by atoms with E-state index in [1.54, 1.807) is 0 Å². The topological polar surface area (TPSA) is 82.1 Å². The summed E-state index contributed by atoms with van der Waals surface area (Å²) in [6.07, 6.45) is 1.97. The average molecular weight is 261 g/mol. The third-order valence-electron chi connectivity index (χ3n) is 2.80. The summed E-state index contributed by atoms with van der Waals surface area (Å²) in [5.74, 6) is -0.819. The lowest BCUT2D eigenvalue weighted by Crippen LogP contribution is -2.41. The van der Waals surface area contributed by atoms with E-state index in [4.69, 9.17) is 0 Å². The molecule has 0 saturated carbocycles. The summed E-state index contributed by atoms with van der Waals surface area (Å²) in [6, 6.07) is 5.87. The van der Waals surface area contributed by atoms with Gasteiger partial charge in [0.1, 0.15) is 5.95 Å². The van der Waals surface area contributed by atoms with Crippen molar-refractivity contribution < 1.29 is 19.1 Å². The van der Waals surface area contributed by atoms with Gasteiger partial charge in [-0.05, 0) is 24.5 Å². The van der Waals surface area contributed by atoms with Crippen LogP contribution < -0.4 is 15.1 Å². The van der Waals surface area contributed by atoms with Gasteiger partial charge >= 0.3 is 0 Å². The number of aromatic nitrogens is 2. The first-order valence-electron chi connectivity index (χ1n) is 6.02. The fourth-order valence-electron chi connectivity index (χ4n) is 1.86. The van der Waals surface area contributed by atoms with E-state index < -0.39 is 5.95 Å². The Labute approximate surface area is 110 Å². The molecule has 6 nitrogen and oxygen atoms in total. The van der Waals surface area contributed by atoms with Crippen LogP contribution in [-0.4, -0.2) is 11.2 Å². The molecule has 0 fully saturated rings. The van der Waals surface area contributed by atoms with Gasteiger partial charge in [0.15, 0.2) is 0 Å². The van der Waals surface area contributed by atoms with E-state index in [9.17, 15) is 9.90 Å². The smallest absolute Gasteiger partial charge is 0.292 e. The largest absolute Gasteiger partial charge is 0.539 e. The van der Waals surface area contributed by atoms with E-state index in [0.29, 0.717) is 0 Å². The maximum Gasteiger partial charge on any atom is 0.292 e. The zero-order chi connectivity index (χ0) is 13.8. The number of anilines is 1. The normalized spacial score (nSPS) is 10.4. The molecule has 6 heteroatoms. The molecule has 19 heavy (non-hydrogen) atoms. The molecule has 0 aliphatic heterocycles. The van der Waals surface area contributed by atoms with Crippen molar-refractivity contribution in [3.05, 3.63) is 35.5 Å². The maximum absolute atomic E-state index is 11.9. The Morgan fingerprint density at radius 3 is 2.95 bits per heavy atom. The van der Waals surface area contributed by atoms with Gasteiger partial charge in [-0.2, -0.15) is 0 Å². The number of amides is 1. The molecule has 1 aromatic carbocycles. The molecule has 0 atom stereocenters. The second-order valence-corrected chi connectivity index (χ2v) is 4.23. The van der Waals surface area contributed by atoms with Crippen LogP contribution >= 0.6 is 0 Å². The second kappa shape index (κ2) is 5.51. The summed E-state index contributed by atoms with van der Waals surface area (Å²) in [5.41, 5.74) is 2.90. The van der Waals surface area contributed by atoms with Crippen LogP contribution in [0.4, 0.5) is 5.69 Å². The number of benzene rings is 1. The van der Waals surface area contributed by atoms with Gasteiger partial charge in [0, 0.05) is 5.69 Å². The number of rotatable bonds is 4. The number of nitrogens with zero attached hydrogens (tertiary/aromatic N) is 2. The van der Waals surface area contributed by atoms with Crippen molar-refractivity contribution in [2.45, 2.75) is 26.8 Å². The molecule has 1 N–H and O–H groups in total. The molecular weight excluding hydrogens is 246 g/mol. The van der Waals surface area contributed by atoms with Crippen LogP contribution in [0.1, 0.15) is 18.1 Å². The number of hydrogen-bond donors (Lipinski definition) is 1. The molecular formula is C13H15N3O3. The van der Waals surface area contributed by atoms with Gasteiger partial charge in [-0.3, -0.25) is 4.79 Å². The summed E-state index contributed by atoms with van der Waals surface area (Å²) >= 11 is 0. The first-order valence-corrected chi connectivity index (χ1v) is 6.02. The first kappa shape index (κ1) is 13.1. The third kappa shape index (κ3) is 3.09. The number of aryl methyl sites for hydroxylation is 2. The second-order valence-electron chi connectivity index (χ2n) is 4.23. The molecule has 1 amide bonds. The van der Waals surface area contributed by atoms with E-state index in [-0.39, 0.29) is 12.5 Å². The predicted molar refractivity (Wildman–Crippen MR) is 65.3 cm³/mol. The van der Waals surface area contributed by atoms with Crippen LogP contribution in [0, 0.1) is 6.92 Å². The summed E-state index contributed by atoms with van der Waals surface area (Å²) in [6.45, 7) is 3.91. The maximum atomic E-state index is 11.9. The highest BCUT2D eigenvalue weighted by Gasteiger charge is 2.14. The van der Waals surface area contributed by atoms with Crippen LogP contribution in [0.3, 0.4) is 0 Å². The quantitative estimate of drug-likeness (QED) is 0.815. The van der Waals surface area contributed by atoms with E-state index in [0.717, 1.165) is 29.4 Å². The fourth-order valence-corrected chi connectivity index (χ4v) is 1.86. The molecule has 0 radical (unpaired) electrons. The van der Waals surface area contributed by atoms with E-state index in [1.807, 2.05) is 32.0 Å². The summed E-state index contributed by atoms with van der Waals surface area (Å²) < 4.78 is 5.53. The molecule has 0 aliphatic rings.